The minimum atomic E-state index is -4.61. The number of carbonyl (C=O) groups excluding carboxylic acids is 1. The fraction of sp³-hybridized carbons (Fsp3) is 0.231. The zero-order valence-electron chi connectivity index (χ0n) is 18.6. The van der Waals surface area contributed by atoms with Gasteiger partial charge in [-0.15, -0.1) is 0 Å². The van der Waals surface area contributed by atoms with E-state index in [2.05, 4.69) is 20.2 Å². The third kappa shape index (κ3) is 5.04. The lowest BCUT2D eigenvalue weighted by molar-refractivity contribution is -0.137. The van der Waals surface area contributed by atoms with Crippen LogP contribution in [-0.4, -0.2) is 33.9 Å². The molecule has 0 unspecified atom stereocenters. The molecule has 35 heavy (non-hydrogen) atoms. The Morgan fingerprint density at radius 3 is 2.51 bits per heavy atom. The molecule has 0 aliphatic carbocycles. The normalized spacial score (nSPS) is 14.5. The van der Waals surface area contributed by atoms with Crippen LogP contribution in [0.4, 0.5) is 18.9 Å². The van der Waals surface area contributed by atoms with Crippen molar-refractivity contribution >= 4 is 34.2 Å². The largest absolute Gasteiger partial charge is 0.417 e. The number of amides is 1. The van der Waals surface area contributed by atoms with Crippen molar-refractivity contribution in [3.63, 3.8) is 0 Å². The summed E-state index contributed by atoms with van der Waals surface area (Å²) in [5.41, 5.74) is 1.76. The maximum atomic E-state index is 13.6. The number of halogens is 4. The molecule has 3 aromatic carbocycles. The van der Waals surface area contributed by atoms with Crippen LogP contribution < -0.4 is 5.32 Å². The van der Waals surface area contributed by atoms with Gasteiger partial charge in [-0.3, -0.25) is 9.69 Å². The van der Waals surface area contributed by atoms with Gasteiger partial charge in [-0.05, 0) is 74.0 Å². The van der Waals surface area contributed by atoms with E-state index in [4.69, 9.17) is 11.6 Å². The number of aromatic amines is 1. The summed E-state index contributed by atoms with van der Waals surface area (Å²) >= 11 is 5.80. The minimum absolute atomic E-state index is 0.00973. The van der Waals surface area contributed by atoms with Gasteiger partial charge in [-0.25, -0.2) is 4.98 Å². The molecule has 1 saturated heterocycles. The molecule has 1 aliphatic heterocycles. The molecular weight excluding hydrogens is 477 g/mol. The van der Waals surface area contributed by atoms with Crippen LogP contribution in [0.3, 0.4) is 0 Å². The van der Waals surface area contributed by atoms with Crippen LogP contribution in [0.25, 0.3) is 22.4 Å². The molecule has 2 N–H and O–H groups in total. The van der Waals surface area contributed by atoms with E-state index < -0.39 is 17.6 Å². The van der Waals surface area contributed by atoms with Crippen LogP contribution >= 0.6 is 11.6 Å². The third-order valence-corrected chi connectivity index (χ3v) is 6.35. The van der Waals surface area contributed by atoms with Crippen molar-refractivity contribution in [1.29, 1.82) is 0 Å². The van der Waals surface area contributed by atoms with Gasteiger partial charge in [0.05, 0.1) is 16.6 Å². The summed E-state index contributed by atoms with van der Waals surface area (Å²) in [6.07, 6.45) is -2.16. The maximum absolute atomic E-state index is 13.6. The molecular formula is C26H22ClF3N4O. The minimum Gasteiger partial charge on any atom is -0.338 e. The molecule has 0 saturated carbocycles. The van der Waals surface area contributed by atoms with E-state index in [0.717, 1.165) is 25.7 Å². The predicted molar refractivity (Wildman–Crippen MR) is 130 cm³/mol. The number of fused-ring (bicyclic) bond motifs is 1. The van der Waals surface area contributed by atoms with Gasteiger partial charge in [0, 0.05) is 22.8 Å². The molecule has 9 heteroatoms. The number of alkyl halides is 3. The van der Waals surface area contributed by atoms with Crippen molar-refractivity contribution in [2.75, 3.05) is 18.4 Å². The van der Waals surface area contributed by atoms with Crippen molar-refractivity contribution in [3.8, 4) is 11.4 Å². The average Bonchev–Trinajstić information content (AvgIpc) is 3.49. The van der Waals surface area contributed by atoms with Crippen molar-refractivity contribution in [2.45, 2.75) is 25.6 Å². The van der Waals surface area contributed by atoms with Crippen LogP contribution in [0, 0.1) is 0 Å². The number of hydrogen-bond donors (Lipinski definition) is 2. The first-order valence-corrected chi connectivity index (χ1v) is 11.6. The number of aromatic nitrogens is 2. The van der Waals surface area contributed by atoms with Crippen LogP contribution in [0.15, 0.2) is 60.7 Å². The van der Waals surface area contributed by atoms with Crippen LogP contribution in [0.5, 0.6) is 0 Å². The van der Waals surface area contributed by atoms with Crippen molar-refractivity contribution in [1.82, 2.24) is 14.9 Å². The van der Waals surface area contributed by atoms with Gasteiger partial charge in [-0.1, -0.05) is 29.8 Å². The Labute approximate surface area is 204 Å². The average molecular weight is 499 g/mol. The van der Waals surface area contributed by atoms with Gasteiger partial charge in [0.15, 0.2) is 0 Å². The van der Waals surface area contributed by atoms with Gasteiger partial charge < -0.3 is 10.3 Å². The molecule has 5 rings (SSSR count). The number of likely N-dealkylation sites (tertiary alicyclic amines) is 1. The number of para-hydroxylation sites is 1. The summed E-state index contributed by atoms with van der Waals surface area (Å²) in [7, 11) is 0. The highest BCUT2D eigenvalue weighted by Gasteiger charge is 2.35. The molecule has 4 aromatic rings. The maximum Gasteiger partial charge on any atom is 0.417 e. The Hall–Kier alpha value is -3.36. The van der Waals surface area contributed by atoms with Gasteiger partial charge >= 0.3 is 6.18 Å². The van der Waals surface area contributed by atoms with E-state index >= 15 is 0 Å². The highest BCUT2D eigenvalue weighted by molar-refractivity contribution is 6.30. The first-order valence-electron chi connectivity index (χ1n) is 11.3. The van der Waals surface area contributed by atoms with E-state index in [1.54, 1.807) is 18.2 Å². The third-order valence-electron chi connectivity index (χ3n) is 6.12. The monoisotopic (exact) mass is 498 g/mol. The number of hydrogen-bond acceptors (Lipinski definition) is 3. The number of rotatable bonds is 5. The Morgan fingerprint density at radius 2 is 1.80 bits per heavy atom. The number of anilines is 1. The lowest BCUT2D eigenvalue weighted by atomic mass is 10.1. The fourth-order valence-electron chi connectivity index (χ4n) is 4.39. The second-order valence-corrected chi connectivity index (χ2v) is 9.05. The summed E-state index contributed by atoms with van der Waals surface area (Å²) in [5.74, 6) is -0.386. The summed E-state index contributed by atoms with van der Waals surface area (Å²) in [6, 6.07) is 16.1. The quantitative estimate of drug-likeness (QED) is 0.320. The smallest absolute Gasteiger partial charge is 0.338 e. The highest BCUT2D eigenvalue weighted by atomic mass is 35.5. The lowest BCUT2D eigenvalue weighted by Crippen LogP contribution is -2.18. The van der Waals surface area contributed by atoms with Gasteiger partial charge in [0.1, 0.15) is 11.3 Å². The highest BCUT2D eigenvalue weighted by Crippen LogP contribution is 2.38. The number of H-pyrrole nitrogens is 1. The number of nitrogens with zero attached hydrogens (tertiary/aromatic N) is 2. The first-order chi connectivity index (χ1) is 16.8. The first kappa shape index (κ1) is 23.4. The van der Waals surface area contributed by atoms with Crippen LogP contribution in [-0.2, 0) is 12.7 Å². The molecule has 0 radical (unpaired) electrons. The van der Waals surface area contributed by atoms with Crippen LogP contribution in [0.1, 0.15) is 34.3 Å². The Morgan fingerprint density at radius 1 is 1.06 bits per heavy atom. The van der Waals surface area contributed by atoms with Crippen molar-refractivity contribution in [2.24, 2.45) is 0 Å². The van der Waals surface area contributed by atoms with Crippen LogP contribution in [0.2, 0.25) is 5.02 Å². The lowest BCUT2D eigenvalue weighted by Gasteiger charge is -2.14. The van der Waals surface area contributed by atoms with E-state index in [9.17, 15) is 18.0 Å². The number of nitrogens with one attached hydrogen (secondary N) is 2. The SMILES string of the molecule is O=C(Nc1ccc(CN2CCCC2)cc1)c1cccc2[nH]c(-c3ccc(Cl)cc3C(F)(F)F)nc12. The molecule has 180 valence electrons. The fourth-order valence-corrected chi connectivity index (χ4v) is 4.56. The number of benzene rings is 3. The zero-order valence-corrected chi connectivity index (χ0v) is 19.4. The second-order valence-electron chi connectivity index (χ2n) is 8.61. The number of carbonyl (C=O) groups is 1. The van der Waals surface area contributed by atoms with E-state index in [1.807, 2.05) is 24.3 Å². The van der Waals surface area contributed by atoms with Crippen molar-refractivity contribution in [3.05, 3.63) is 82.4 Å². The Balaban J connectivity index is 1.40. The summed E-state index contributed by atoms with van der Waals surface area (Å²) in [4.78, 5) is 22.7. The van der Waals surface area contributed by atoms with E-state index in [-0.39, 0.29) is 27.5 Å². The predicted octanol–water partition coefficient (Wildman–Crippen LogP) is 6.75. The topological polar surface area (TPSA) is 61.0 Å². The molecule has 1 fully saturated rings. The zero-order chi connectivity index (χ0) is 24.6. The van der Waals surface area contributed by atoms with Gasteiger partial charge in [-0.2, -0.15) is 13.2 Å². The van der Waals surface area contributed by atoms with Gasteiger partial charge in [0.25, 0.3) is 5.91 Å². The summed E-state index contributed by atoms with van der Waals surface area (Å²) < 4.78 is 40.8. The molecule has 1 aliphatic rings. The molecule has 0 bridgehead atoms. The van der Waals surface area contributed by atoms with E-state index in [1.165, 1.54) is 30.5 Å². The molecule has 0 atom stereocenters. The van der Waals surface area contributed by atoms with E-state index in [0.29, 0.717) is 11.2 Å². The van der Waals surface area contributed by atoms with Crippen molar-refractivity contribution < 1.29 is 18.0 Å². The molecule has 5 nitrogen and oxygen atoms in total. The standard InChI is InChI=1S/C26H22ClF3N4O/c27-17-8-11-19(21(14-17)26(28,29)30)24-32-22-5-3-4-20(23(22)33-24)25(35)31-18-9-6-16(7-10-18)15-34-12-1-2-13-34/h3-11,14H,1-2,12-13,15H2,(H,31,35)(H,32,33). The molecule has 1 amide bonds. The Kier molecular flexibility index (Phi) is 6.25. The number of imidazole rings is 1. The molecule has 0 spiro atoms. The van der Waals surface area contributed by atoms with Gasteiger partial charge in [0.2, 0.25) is 0 Å². The Bertz CT molecular complexity index is 1380. The molecule has 2 heterocycles. The molecule has 1 aromatic heterocycles. The second kappa shape index (κ2) is 9.36. The summed E-state index contributed by atoms with van der Waals surface area (Å²) in [5, 5.41) is 2.84. The summed E-state index contributed by atoms with van der Waals surface area (Å²) in [6.45, 7) is 3.09.